The first kappa shape index (κ1) is 12.1. The van der Waals surface area contributed by atoms with Crippen molar-refractivity contribution >= 4 is 17.8 Å². The summed E-state index contributed by atoms with van der Waals surface area (Å²) in [5.74, 6) is -0.561. The topological polar surface area (TPSA) is 66.5 Å². The molecule has 1 saturated heterocycles. The molecule has 2 aliphatic rings. The average molecular weight is 238 g/mol. The Bertz CT molecular complexity index is 412. The molecule has 2 rings (SSSR count). The summed E-state index contributed by atoms with van der Waals surface area (Å²) in [6, 6.07) is -0.581. The van der Waals surface area contributed by atoms with Crippen LogP contribution in [0.1, 0.15) is 34.1 Å². The molecule has 2 fully saturated rings. The summed E-state index contributed by atoms with van der Waals surface area (Å²) in [5, 5.41) is 2.24. The molecule has 1 N–H and O–H groups in total. The van der Waals surface area contributed by atoms with Gasteiger partial charge in [0, 0.05) is 6.54 Å². The van der Waals surface area contributed by atoms with Crippen LogP contribution in [0, 0.1) is 16.7 Å². The largest absolute Gasteiger partial charge is 0.330 e. The molecule has 5 nitrogen and oxygen atoms in total. The molecule has 0 aromatic rings. The van der Waals surface area contributed by atoms with Gasteiger partial charge in [-0.15, -0.1) is 0 Å². The number of amides is 4. The number of carbonyl (C=O) groups is 3. The Morgan fingerprint density at radius 3 is 2.24 bits per heavy atom. The number of imide groups is 2. The van der Waals surface area contributed by atoms with Crippen LogP contribution in [0.2, 0.25) is 0 Å². The van der Waals surface area contributed by atoms with E-state index in [1.807, 2.05) is 0 Å². The first-order valence-electron chi connectivity index (χ1n) is 5.83. The molecule has 1 saturated carbocycles. The van der Waals surface area contributed by atoms with Gasteiger partial charge in [0.15, 0.2) is 0 Å². The van der Waals surface area contributed by atoms with Gasteiger partial charge in [0.25, 0.3) is 0 Å². The van der Waals surface area contributed by atoms with E-state index >= 15 is 0 Å². The maximum absolute atomic E-state index is 12.1. The van der Waals surface area contributed by atoms with E-state index in [1.165, 1.54) is 4.90 Å². The maximum atomic E-state index is 12.1. The quantitative estimate of drug-likeness (QED) is 0.733. The molecule has 1 aliphatic heterocycles. The highest BCUT2D eigenvalue weighted by molar-refractivity contribution is 6.18. The fourth-order valence-corrected chi connectivity index (χ4v) is 2.12. The summed E-state index contributed by atoms with van der Waals surface area (Å²) in [6.45, 7) is 7.72. The third-order valence-electron chi connectivity index (χ3n) is 3.93. The van der Waals surface area contributed by atoms with E-state index in [1.54, 1.807) is 13.8 Å². The lowest BCUT2D eigenvalue weighted by Gasteiger charge is -2.34. The van der Waals surface area contributed by atoms with Crippen LogP contribution in [0.15, 0.2) is 0 Å². The second-order valence-electron chi connectivity index (χ2n) is 6.19. The van der Waals surface area contributed by atoms with Crippen LogP contribution in [-0.2, 0) is 9.59 Å². The molecule has 0 bridgehead atoms. The van der Waals surface area contributed by atoms with Gasteiger partial charge in [-0.05, 0) is 31.6 Å². The molecule has 0 aromatic carbocycles. The summed E-state index contributed by atoms with van der Waals surface area (Å²) < 4.78 is 0. The predicted octanol–water partition coefficient (Wildman–Crippen LogP) is 1.14. The summed E-state index contributed by atoms with van der Waals surface area (Å²) >= 11 is 0. The number of hydrogen-bond donors (Lipinski definition) is 1. The van der Waals surface area contributed by atoms with Crippen LogP contribution in [0.25, 0.3) is 0 Å². The van der Waals surface area contributed by atoms with Crippen LogP contribution < -0.4 is 5.32 Å². The molecular weight excluding hydrogens is 220 g/mol. The van der Waals surface area contributed by atoms with Gasteiger partial charge in [0.2, 0.25) is 11.8 Å². The molecule has 1 unspecified atom stereocenters. The van der Waals surface area contributed by atoms with Crippen LogP contribution in [0.5, 0.6) is 0 Å². The second-order valence-corrected chi connectivity index (χ2v) is 6.19. The number of nitrogens with zero attached hydrogens (tertiary/aromatic N) is 1. The van der Waals surface area contributed by atoms with Gasteiger partial charge in [0.05, 0.1) is 0 Å². The van der Waals surface area contributed by atoms with Crippen molar-refractivity contribution in [2.24, 2.45) is 16.7 Å². The van der Waals surface area contributed by atoms with Crippen molar-refractivity contribution in [1.29, 1.82) is 0 Å². The van der Waals surface area contributed by atoms with E-state index < -0.39 is 23.3 Å². The average Bonchev–Trinajstić information content (AvgIpc) is 2.79. The highest BCUT2D eigenvalue weighted by atomic mass is 16.2. The molecule has 0 aromatic heterocycles. The van der Waals surface area contributed by atoms with E-state index in [0.717, 1.165) is 6.42 Å². The summed E-state index contributed by atoms with van der Waals surface area (Å²) in [4.78, 5) is 36.4. The Kier molecular flexibility index (Phi) is 2.35. The van der Waals surface area contributed by atoms with E-state index in [9.17, 15) is 14.4 Å². The Balaban J connectivity index is 2.14. The lowest BCUT2D eigenvalue weighted by molar-refractivity contribution is -0.149. The van der Waals surface area contributed by atoms with Crippen molar-refractivity contribution in [2.75, 3.05) is 6.54 Å². The van der Waals surface area contributed by atoms with Gasteiger partial charge < -0.3 is 0 Å². The zero-order chi connectivity index (χ0) is 13.0. The molecule has 4 amide bonds. The predicted molar refractivity (Wildman–Crippen MR) is 60.9 cm³/mol. The van der Waals surface area contributed by atoms with E-state index in [0.29, 0.717) is 12.5 Å². The van der Waals surface area contributed by atoms with E-state index in [-0.39, 0.29) is 5.41 Å². The van der Waals surface area contributed by atoms with Gasteiger partial charge in [0.1, 0.15) is 5.41 Å². The number of rotatable bonds is 2. The fourth-order valence-electron chi connectivity index (χ4n) is 2.12. The monoisotopic (exact) mass is 238 g/mol. The minimum absolute atomic E-state index is 0.201. The first-order valence-corrected chi connectivity index (χ1v) is 5.83. The van der Waals surface area contributed by atoms with Gasteiger partial charge in [-0.1, -0.05) is 13.8 Å². The Hall–Kier alpha value is -1.39. The smallest absolute Gasteiger partial charge is 0.277 e. The zero-order valence-corrected chi connectivity index (χ0v) is 10.7. The molecule has 0 spiro atoms. The zero-order valence-electron chi connectivity index (χ0n) is 10.7. The number of carbonyl (C=O) groups excluding carboxylic acids is 3. The number of hydrogen-bond acceptors (Lipinski definition) is 3. The minimum Gasteiger partial charge on any atom is -0.277 e. The van der Waals surface area contributed by atoms with Crippen LogP contribution >= 0.6 is 0 Å². The SMILES string of the molecule is CC1(C)C(=O)NC(=O)N(CC2CC2(C)C)C1=O. The van der Waals surface area contributed by atoms with E-state index in [2.05, 4.69) is 19.2 Å². The van der Waals surface area contributed by atoms with Gasteiger partial charge in [-0.3, -0.25) is 19.8 Å². The maximum Gasteiger partial charge on any atom is 0.330 e. The number of urea groups is 1. The molecule has 1 atom stereocenters. The third kappa shape index (κ3) is 1.83. The summed E-state index contributed by atoms with van der Waals surface area (Å²) in [6.07, 6.45) is 1.01. The van der Waals surface area contributed by atoms with Gasteiger partial charge in [-0.2, -0.15) is 0 Å². The fraction of sp³-hybridized carbons (Fsp3) is 0.750. The Morgan fingerprint density at radius 2 is 1.76 bits per heavy atom. The molecule has 94 valence electrons. The highest BCUT2D eigenvalue weighted by Gasteiger charge is 2.52. The van der Waals surface area contributed by atoms with Gasteiger partial charge in [-0.25, -0.2) is 4.79 Å². The normalized spacial score (nSPS) is 30.2. The summed E-state index contributed by atoms with van der Waals surface area (Å²) in [5.41, 5.74) is -0.945. The number of nitrogens with one attached hydrogen (secondary N) is 1. The van der Waals surface area contributed by atoms with Crippen molar-refractivity contribution in [3.8, 4) is 0 Å². The molecule has 0 radical (unpaired) electrons. The Morgan fingerprint density at radius 1 is 1.24 bits per heavy atom. The highest BCUT2D eigenvalue weighted by Crippen LogP contribution is 2.52. The standard InChI is InChI=1S/C12H18N2O3/c1-11(2)5-7(11)6-14-9(16)12(3,4)8(15)13-10(14)17/h7H,5-6H2,1-4H3,(H,13,15,17). The second kappa shape index (κ2) is 3.31. The van der Waals surface area contributed by atoms with Crippen LogP contribution in [0.4, 0.5) is 4.79 Å². The van der Waals surface area contributed by atoms with Crippen LogP contribution in [-0.4, -0.2) is 29.3 Å². The van der Waals surface area contributed by atoms with Gasteiger partial charge >= 0.3 is 6.03 Å². The number of barbiturate groups is 1. The van der Waals surface area contributed by atoms with Crippen molar-refractivity contribution in [3.05, 3.63) is 0 Å². The van der Waals surface area contributed by atoms with E-state index in [4.69, 9.17) is 0 Å². The molecular formula is C12H18N2O3. The molecule has 17 heavy (non-hydrogen) atoms. The lowest BCUT2D eigenvalue weighted by atomic mass is 9.88. The molecule has 1 aliphatic carbocycles. The lowest BCUT2D eigenvalue weighted by Crippen LogP contribution is -2.62. The van der Waals surface area contributed by atoms with Crippen molar-refractivity contribution < 1.29 is 14.4 Å². The Labute approximate surface area is 101 Å². The minimum atomic E-state index is -1.15. The molecule has 1 heterocycles. The summed E-state index contributed by atoms with van der Waals surface area (Å²) in [7, 11) is 0. The van der Waals surface area contributed by atoms with Crippen molar-refractivity contribution in [3.63, 3.8) is 0 Å². The van der Waals surface area contributed by atoms with Crippen molar-refractivity contribution in [2.45, 2.75) is 34.1 Å². The molecule has 5 heteroatoms. The third-order valence-corrected chi connectivity index (χ3v) is 3.93. The van der Waals surface area contributed by atoms with Crippen molar-refractivity contribution in [1.82, 2.24) is 10.2 Å². The van der Waals surface area contributed by atoms with Crippen LogP contribution in [0.3, 0.4) is 0 Å². The first-order chi connectivity index (χ1) is 7.66.